The third-order valence-electron chi connectivity index (χ3n) is 4.22. The van der Waals surface area contributed by atoms with Gasteiger partial charge in [0, 0.05) is 18.0 Å². The molecule has 8 nitrogen and oxygen atoms in total. The van der Waals surface area contributed by atoms with Crippen LogP contribution in [-0.2, 0) is 30.8 Å². The number of hydrogen-bond donors (Lipinski definition) is 2. The molecule has 0 aliphatic heterocycles. The van der Waals surface area contributed by atoms with Crippen molar-refractivity contribution < 1.29 is 27.9 Å². The van der Waals surface area contributed by atoms with Crippen LogP contribution in [0.5, 0.6) is 0 Å². The number of aromatic nitrogens is 1. The predicted octanol–water partition coefficient (Wildman–Crippen LogP) is 1.72. The second-order valence-electron chi connectivity index (χ2n) is 6.07. The number of esters is 1. The van der Waals surface area contributed by atoms with Gasteiger partial charge in [-0.2, -0.15) is 0 Å². The third-order valence-corrected chi connectivity index (χ3v) is 5.92. The average molecular weight is 402 g/mol. The van der Waals surface area contributed by atoms with Crippen LogP contribution in [0.1, 0.15) is 12.0 Å². The molecule has 9 heteroatoms. The highest BCUT2D eigenvalue weighted by molar-refractivity contribution is 7.90. The molecule has 3 rings (SSSR count). The molecule has 0 aliphatic carbocycles. The monoisotopic (exact) mass is 402 g/mol. The van der Waals surface area contributed by atoms with Crippen molar-refractivity contribution in [3.05, 3.63) is 66.4 Å². The lowest BCUT2D eigenvalue weighted by Crippen LogP contribution is -2.31. The van der Waals surface area contributed by atoms with Gasteiger partial charge in [0.05, 0.1) is 10.4 Å². The fourth-order valence-electron chi connectivity index (χ4n) is 2.88. The van der Waals surface area contributed by atoms with Crippen LogP contribution < -0.4 is 5.73 Å². The fraction of sp³-hybridized carbons (Fsp3) is 0.158. The quantitative estimate of drug-likeness (QED) is 0.365. The van der Waals surface area contributed by atoms with Gasteiger partial charge in [0.25, 0.3) is 10.0 Å². The zero-order valence-corrected chi connectivity index (χ0v) is 15.5. The van der Waals surface area contributed by atoms with Crippen molar-refractivity contribution in [3.63, 3.8) is 0 Å². The number of nitrogens with two attached hydrogens (primary N) is 1. The van der Waals surface area contributed by atoms with Crippen LogP contribution in [0.2, 0.25) is 0 Å². The second-order valence-corrected chi connectivity index (χ2v) is 7.88. The maximum absolute atomic E-state index is 12.9. The van der Waals surface area contributed by atoms with E-state index in [1.54, 1.807) is 36.4 Å². The first-order valence-electron chi connectivity index (χ1n) is 8.40. The number of rotatable bonds is 6. The van der Waals surface area contributed by atoms with E-state index >= 15 is 0 Å². The number of aryl methyl sites for hydroxylation is 1. The Balaban J connectivity index is 1.86. The standard InChI is InChI=1S/C19H18N2O6S/c20-17(27-19(24)18(22)23)10-9-13-5-4-8-16-15(13)11-12-21(16)28(25,26)14-6-2-1-3-7-14/h1-8,11-12,17H,9-10,20H2,(H,22,23). The molecule has 0 amide bonds. The summed E-state index contributed by atoms with van der Waals surface area (Å²) in [6.45, 7) is 0. The molecule has 1 heterocycles. The molecule has 1 unspecified atom stereocenters. The minimum absolute atomic E-state index is 0.181. The van der Waals surface area contributed by atoms with Gasteiger partial charge in [-0.25, -0.2) is 22.0 Å². The van der Waals surface area contributed by atoms with Crippen molar-refractivity contribution in [2.75, 3.05) is 0 Å². The Hall–Kier alpha value is -3.17. The van der Waals surface area contributed by atoms with E-state index in [1.165, 1.54) is 22.3 Å². The Morgan fingerprint density at radius 2 is 1.79 bits per heavy atom. The van der Waals surface area contributed by atoms with Crippen LogP contribution in [0.25, 0.3) is 10.9 Å². The average Bonchev–Trinajstić information content (AvgIpc) is 3.12. The van der Waals surface area contributed by atoms with Crippen molar-refractivity contribution in [2.45, 2.75) is 24.0 Å². The topological polar surface area (TPSA) is 129 Å². The van der Waals surface area contributed by atoms with Crippen molar-refractivity contribution in [1.29, 1.82) is 0 Å². The van der Waals surface area contributed by atoms with Crippen molar-refractivity contribution >= 4 is 32.9 Å². The van der Waals surface area contributed by atoms with Gasteiger partial charge in [0.15, 0.2) is 6.23 Å². The van der Waals surface area contributed by atoms with Gasteiger partial charge in [-0.3, -0.25) is 5.73 Å². The van der Waals surface area contributed by atoms with Gasteiger partial charge < -0.3 is 9.84 Å². The number of carbonyl (C=O) groups is 2. The predicted molar refractivity (Wildman–Crippen MR) is 101 cm³/mol. The molecule has 0 spiro atoms. The van der Waals surface area contributed by atoms with E-state index in [-0.39, 0.29) is 11.3 Å². The number of carboxylic acids is 1. The second kappa shape index (κ2) is 7.83. The minimum Gasteiger partial charge on any atom is -0.473 e. The van der Waals surface area contributed by atoms with Crippen LogP contribution >= 0.6 is 0 Å². The Morgan fingerprint density at radius 3 is 2.46 bits per heavy atom. The normalized spacial score (nSPS) is 12.6. The van der Waals surface area contributed by atoms with Gasteiger partial charge >= 0.3 is 11.9 Å². The highest BCUT2D eigenvalue weighted by Gasteiger charge is 2.20. The molecule has 3 N–H and O–H groups in total. The van der Waals surface area contributed by atoms with Crippen LogP contribution in [0.4, 0.5) is 0 Å². The maximum atomic E-state index is 12.9. The molecule has 0 fully saturated rings. The molecule has 3 aromatic rings. The number of hydrogen-bond acceptors (Lipinski definition) is 6. The summed E-state index contributed by atoms with van der Waals surface area (Å²) in [6, 6.07) is 15.0. The maximum Gasteiger partial charge on any atom is 0.418 e. The molecule has 0 radical (unpaired) electrons. The van der Waals surface area contributed by atoms with E-state index in [1.807, 2.05) is 6.07 Å². The number of benzene rings is 2. The summed E-state index contributed by atoms with van der Waals surface area (Å²) in [6.07, 6.45) is 0.977. The zero-order chi connectivity index (χ0) is 20.3. The Kier molecular flexibility index (Phi) is 5.48. The molecule has 2 aromatic carbocycles. The summed E-state index contributed by atoms with van der Waals surface area (Å²) < 4.78 is 31.6. The van der Waals surface area contributed by atoms with Crippen LogP contribution in [0.15, 0.2) is 65.7 Å². The number of ether oxygens (including phenoxy) is 1. The van der Waals surface area contributed by atoms with Gasteiger partial charge in [0.1, 0.15) is 0 Å². The molecule has 146 valence electrons. The summed E-state index contributed by atoms with van der Waals surface area (Å²) in [7, 11) is -3.74. The van der Waals surface area contributed by atoms with Crippen LogP contribution in [0.3, 0.4) is 0 Å². The number of nitrogens with zero attached hydrogens (tertiary/aromatic N) is 1. The number of carboxylic acid groups (broad SMARTS) is 1. The number of carbonyl (C=O) groups excluding carboxylic acids is 1. The first-order chi connectivity index (χ1) is 13.3. The first kappa shape index (κ1) is 19.6. The summed E-state index contributed by atoms with van der Waals surface area (Å²) in [4.78, 5) is 21.7. The third kappa shape index (κ3) is 3.90. The Morgan fingerprint density at radius 1 is 1.07 bits per heavy atom. The van der Waals surface area contributed by atoms with Crippen molar-refractivity contribution in [3.8, 4) is 0 Å². The van der Waals surface area contributed by atoms with Gasteiger partial charge in [-0.05, 0) is 36.2 Å². The molecule has 1 aromatic heterocycles. The van der Waals surface area contributed by atoms with E-state index in [4.69, 9.17) is 10.8 Å². The highest BCUT2D eigenvalue weighted by atomic mass is 32.2. The molecule has 0 saturated heterocycles. The summed E-state index contributed by atoms with van der Waals surface area (Å²) >= 11 is 0. The summed E-state index contributed by atoms with van der Waals surface area (Å²) in [5.74, 6) is -3.12. The largest absolute Gasteiger partial charge is 0.473 e. The molecule has 1 atom stereocenters. The lowest BCUT2D eigenvalue weighted by Gasteiger charge is -2.12. The van der Waals surface area contributed by atoms with Gasteiger partial charge in [-0.15, -0.1) is 0 Å². The summed E-state index contributed by atoms with van der Waals surface area (Å²) in [5, 5.41) is 9.26. The minimum atomic E-state index is -3.74. The molecular weight excluding hydrogens is 384 g/mol. The molecule has 0 aliphatic rings. The van der Waals surface area contributed by atoms with E-state index in [2.05, 4.69) is 4.74 Å². The van der Waals surface area contributed by atoms with E-state index in [0.29, 0.717) is 11.9 Å². The van der Waals surface area contributed by atoms with E-state index in [0.717, 1.165) is 10.9 Å². The first-order valence-corrected chi connectivity index (χ1v) is 9.84. The molecule has 0 saturated carbocycles. The SMILES string of the molecule is NC(CCc1cccc2c1ccn2S(=O)(=O)c1ccccc1)OC(=O)C(=O)O. The Labute approximate surface area is 161 Å². The number of aliphatic carboxylic acids is 1. The fourth-order valence-corrected chi connectivity index (χ4v) is 4.25. The number of fused-ring (bicyclic) bond motifs is 1. The van der Waals surface area contributed by atoms with Gasteiger partial charge in [-0.1, -0.05) is 30.3 Å². The van der Waals surface area contributed by atoms with E-state index in [9.17, 15) is 18.0 Å². The van der Waals surface area contributed by atoms with Crippen LogP contribution in [-0.4, -0.2) is 35.7 Å². The van der Waals surface area contributed by atoms with E-state index < -0.39 is 28.2 Å². The zero-order valence-electron chi connectivity index (χ0n) is 14.7. The smallest absolute Gasteiger partial charge is 0.418 e. The lowest BCUT2D eigenvalue weighted by atomic mass is 10.0. The summed E-state index contributed by atoms with van der Waals surface area (Å²) in [5.41, 5.74) is 6.97. The lowest BCUT2D eigenvalue weighted by molar-refractivity contribution is -0.167. The van der Waals surface area contributed by atoms with Crippen molar-refractivity contribution in [2.24, 2.45) is 5.73 Å². The molecule has 28 heavy (non-hydrogen) atoms. The van der Waals surface area contributed by atoms with Crippen molar-refractivity contribution in [1.82, 2.24) is 3.97 Å². The van der Waals surface area contributed by atoms with Gasteiger partial charge in [0.2, 0.25) is 0 Å². The Bertz CT molecular complexity index is 1120. The van der Waals surface area contributed by atoms with Crippen LogP contribution in [0, 0.1) is 0 Å². The molecular formula is C19H18N2O6S. The molecule has 0 bridgehead atoms. The highest BCUT2D eigenvalue weighted by Crippen LogP contribution is 2.25.